The van der Waals surface area contributed by atoms with Crippen LogP contribution in [0.15, 0.2) is 59.1 Å². The van der Waals surface area contributed by atoms with Crippen molar-refractivity contribution in [3.05, 3.63) is 70.4 Å². The third kappa shape index (κ3) is 3.15. The Bertz CT molecular complexity index is 738. The Morgan fingerprint density at radius 3 is 2.41 bits per heavy atom. The largest absolute Gasteiger partial charge is 0.353 e. The van der Waals surface area contributed by atoms with Crippen molar-refractivity contribution in [3.63, 3.8) is 0 Å². The van der Waals surface area contributed by atoms with Crippen molar-refractivity contribution in [3.8, 4) is 6.07 Å². The predicted octanol–water partition coefficient (Wildman–Crippen LogP) is 4.15. The molecule has 2 aromatic rings. The third-order valence-corrected chi connectivity index (χ3v) is 4.62. The SMILES string of the molecule is CS/C(=C(\C)C(=O)c1ccccc1)C(C#N)c1cccn1C. The topological polar surface area (TPSA) is 45.8 Å². The number of allylic oxidation sites excluding steroid dienone is 2. The van der Waals surface area contributed by atoms with Gasteiger partial charge in [-0.3, -0.25) is 4.79 Å². The summed E-state index contributed by atoms with van der Waals surface area (Å²) in [6.45, 7) is 1.80. The second kappa shape index (κ2) is 7.15. The molecule has 3 nitrogen and oxygen atoms in total. The number of carbonyl (C=O) groups is 1. The molecule has 0 fully saturated rings. The molecule has 0 aliphatic heterocycles. The number of rotatable bonds is 5. The van der Waals surface area contributed by atoms with Gasteiger partial charge in [-0.15, -0.1) is 11.8 Å². The number of nitrogens with zero attached hydrogens (tertiary/aromatic N) is 2. The number of hydrogen-bond donors (Lipinski definition) is 0. The summed E-state index contributed by atoms with van der Waals surface area (Å²) in [5.41, 5.74) is 2.17. The lowest BCUT2D eigenvalue weighted by Crippen LogP contribution is -2.09. The molecule has 0 amide bonds. The molecule has 22 heavy (non-hydrogen) atoms. The first kappa shape index (κ1) is 16.1. The molecule has 112 valence electrons. The summed E-state index contributed by atoms with van der Waals surface area (Å²) in [5, 5.41) is 9.60. The lowest BCUT2D eigenvalue weighted by atomic mass is 9.98. The van der Waals surface area contributed by atoms with Crippen molar-refractivity contribution in [2.45, 2.75) is 12.8 Å². The van der Waals surface area contributed by atoms with E-state index in [0.29, 0.717) is 11.1 Å². The van der Waals surface area contributed by atoms with Gasteiger partial charge in [0.15, 0.2) is 5.78 Å². The Hall–Kier alpha value is -2.25. The van der Waals surface area contributed by atoms with Gasteiger partial charge < -0.3 is 4.57 Å². The molecule has 4 heteroatoms. The van der Waals surface area contributed by atoms with Gasteiger partial charge >= 0.3 is 0 Å². The Balaban J connectivity index is 2.47. The minimum Gasteiger partial charge on any atom is -0.353 e. The molecule has 0 N–H and O–H groups in total. The summed E-state index contributed by atoms with van der Waals surface area (Å²) < 4.78 is 1.92. The van der Waals surface area contributed by atoms with Crippen molar-refractivity contribution in [1.82, 2.24) is 4.57 Å². The number of aryl methyl sites for hydroxylation is 1. The number of thioether (sulfide) groups is 1. The molecule has 0 aliphatic rings. The Labute approximate surface area is 135 Å². The fourth-order valence-corrected chi connectivity index (χ4v) is 3.25. The molecule has 1 aromatic carbocycles. The Kier molecular flexibility index (Phi) is 5.24. The highest BCUT2D eigenvalue weighted by atomic mass is 32.2. The van der Waals surface area contributed by atoms with Gasteiger partial charge in [0.2, 0.25) is 0 Å². The van der Waals surface area contributed by atoms with Crippen LogP contribution in [0.5, 0.6) is 0 Å². The van der Waals surface area contributed by atoms with Gasteiger partial charge in [0.05, 0.1) is 6.07 Å². The van der Waals surface area contributed by atoms with Crippen LogP contribution in [0.25, 0.3) is 0 Å². The smallest absolute Gasteiger partial charge is 0.189 e. The van der Waals surface area contributed by atoms with Crippen molar-refractivity contribution in [2.75, 3.05) is 6.26 Å². The predicted molar refractivity (Wildman–Crippen MR) is 90.8 cm³/mol. The van der Waals surface area contributed by atoms with Gasteiger partial charge in [0.25, 0.3) is 0 Å². The highest BCUT2D eigenvalue weighted by Crippen LogP contribution is 2.34. The first-order chi connectivity index (χ1) is 10.6. The van der Waals surface area contributed by atoms with Crippen LogP contribution in [0.4, 0.5) is 0 Å². The Morgan fingerprint density at radius 1 is 1.23 bits per heavy atom. The maximum Gasteiger partial charge on any atom is 0.189 e. The number of aromatic nitrogens is 1. The summed E-state index contributed by atoms with van der Waals surface area (Å²) in [5.74, 6) is -0.456. The van der Waals surface area contributed by atoms with E-state index in [4.69, 9.17) is 0 Å². The molecular formula is C18H18N2OS. The van der Waals surface area contributed by atoms with Gasteiger partial charge in [0.1, 0.15) is 5.92 Å². The zero-order chi connectivity index (χ0) is 16.1. The molecule has 0 saturated carbocycles. The summed E-state index contributed by atoms with van der Waals surface area (Å²) >= 11 is 1.46. The monoisotopic (exact) mass is 310 g/mol. The average Bonchev–Trinajstić information content (AvgIpc) is 2.97. The van der Waals surface area contributed by atoms with E-state index in [1.807, 2.05) is 54.4 Å². The molecular weight excluding hydrogens is 292 g/mol. The number of hydrogen-bond acceptors (Lipinski definition) is 3. The highest BCUT2D eigenvalue weighted by Gasteiger charge is 2.23. The molecule has 0 bridgehead atoms. The van der Waals surface area contributed by atoms with Crippen molar-refractivity contribution < 1.29 is 4.79 Å². The van der Waals surface area contributed by atoms with E-state index < -0.39 is 5.92 Å². The molecule has 0 aliphatic carbocycles. The van der Waals surface area contributed by atoms with Crippen molar-refractivity contribution in [1.29, 1.82) is 5.26 Å². The van der Waals surface area contributed by atoms with Crippen LogP contribution in [-0.2, 0) is 7.05 Å². The molecule has 1 heterocycles. The second-order valence-electron chi connectivity index (χ2n) is 4.99. The maximum absolute atomic E-state index is 12.6. The maximum atomic E-state index is 12.6. The first-order valence-electron chi connectivity index (χ1n) is 6.95. The third-order valence-electron chi connectivity index (χ3n) is 3.64. The van der Waals surface area contributed by atoms with E-state index in [2.05, 4.69) is 6.07 Å². The van der Waals surface area contributed by atoms with Gasteiger partial charge in [-0.25, -0.2) is 0 Å². The van der Waals surface area contributed by atoms with Gasteiger partial charge in [-0.05, 0) is 25.3 Å². The Morgan fingerprint density at radius 2 is 1.91 bits per heavy atom. The minimum absolute atomic E-state index is 0.0283. The number of Topliss-reactive ketones (excluding diaryl/α,β-unsaturated/α-hetero) is 1. The zero-order valence-corrected chi connectivity index (χ0v) is 13.7. The fourth-order valence-electron chi connectivity index (χ4n) is 2.44. The fraction of sp³-hybridized carbons (Fsp3) is 0.222. The minimum atomic E-state index is -0.428. The zero-order valence-electron chi connectivity index (χ0n) is 12.9. The van der Waals surface area contributed by atoms with Crippen LogP contribution in [0.3, 0.4) is 0 Å². The summed E-state index contributed by atoms with van der Waals surface area (Å²) in [6, 6.07) is 15.3. The van der Waals surface area contributed by atoms with Crippen molar-refractivity contribution in [2.24, 2.45) is 7.05 Å². The summed E-state index contributed by atoms with van der Waals surface area (Å²) in [6.07, 6.45) is 3.82. The van der Waals surface area contributed by atoms with E-state index in [0.717, 1.165) is 10.6 Å². The van der Waals surface area contributed by atoms with E-state index >= 15 is 0 Å². The lowest BCUT2D eigenvalue weighted by Gasteiger charge is -2.16. The normalized spacial score (nSPS) is 13.2. The van der Waals surface area contributed by atoms with Crippen LogP contribution >= 0.6 is 11.8 Å². The van der Waals surface area contributed by atoms with Crippen LogP contribution in [-0.4, -0.2) is 16.6 Å². The molecule has 2 rings (SSSR count). The first-order valence-corrected chi connectivity index (χ1v) is 8.18. The van der Waals surface area contributed by atoms with Gasteiger partial charge in [0, 0.05) is 35.0 Å². The van der Waals surface area contributed by atoms with Gasteiger partial charge in [-0.1, -0.05) is 30.3 Å². The number of carbonyl (C=O) groups excluding carboxylic acids is 1. The lowest BCUT2D eigenvalue weighted by molar-refractivity contribution is 0.103. The van der Waals surface area contributed by atoms with Crippen LogP contribution in [0.1, 0.15) is 28.9 Å². The molecule has 1 atom stereocenters. The second-order valence-corrected chi connectivity index (χ2v) is 5.84. The quantitative estimate of drug-likeness (QED) is 0.615. The molecule has 0 spiro atoms. The molecule has 1 unspecified atom stereocenters. The summed E-state index contributed by atoms with van der Waals surface area (Å²) in [4.78, 5) is 13.4. The summed E-state index contributed by atoms with van der Waals surface area (Å²) in [7, 11) is 1.91. The average molecular weight is 310 g/mol. The van der Waals surface area contributed by atoms with Crippen LogP contribution in [0, 0.1) is 11.3 Å². The molecule has 0 saturated heterocycles. The standard InChI is InChI=1S/C18H18N2OS/c1-13(17(21)14-8-5-4-6-9-14)18(22-3)15(12-19)16-10-7-11-20(16)2/h4-11,15H,1-3H3/b18-13+. The van der Waals surface area contributed by atoms with E-state index in [9.17, 15) is 10.1 Å². The van der Waals surface area contributed by atoms with E-state index in [1.165, 1.54) is 11.8 Å². The van der Waals surface area contributed by atoms with E-state index in [1.54, 1.807) is 19.1 Å². The number of benzene rings is 1. The van der Waals surface area contributed by atoms with Gasteiger partial charge in [-0.2, -0.15) is 5.26 Å². The van der Waals surface area contributed by atoms with Crippen LogP contribution < -0.4 is 0 Å². The molecule has 1 aromatic heterocycles. The number of nitriles is 1. The number of ketones is 1. The van der Waals surface area contributed by atoms with Crippen LogP contribution in [0.2, 0.25) is 0 Å². The van der Waals surface area contributed by atoms with Crippen molar-refractivity contribution >= 4 is 17.5 Å². The highest BCUT2D eigenvalue weighted by molar-refractivity contribution is 8.02. The molecule has 0 radical (unpaired) electrons. The van der Waals surface area contributed by atoms with E-state index in [-0.39, 0.29) is 5.78 Å².